The van der Waals surface area contributed by atoms with Gasteiger partial charge in [0.15, 0.2) is 0 Å². The summed E-state index contributed by atoms with van der Waals surface area (Å²) >= 11 is 12.8. The van der Waals surface area contributed by atoms with Gasteiger partial charge in [-0.05, 0) is 118 Å². The van der Waals surface area contributed by atoms with Gasteiger partial charge in [0.05, 0.1) is 13.2 Å². The topological polar surface area (TPSA) is 79.8 Å². The molecule has 1 amide bonds. The number of halogens is 2. The maximum atomic E-state index is 13.7. The predicted octanol–water partition coefficient (Wildman–Crippen LogP) is 8.91. The van der Waals surface area contributed by atoms with Crippen LogP contribution in [0.2, 0.25) is 10.0 Å². The first-order valence-electron chi connectivity index (χ1n) is 15.3. The molecular formula is C35H39Cl2N5O3. The van der Waals surface area contributed by atoms with Crippen LogP contribution in [0.1, 0.15) is 47.9 Å². The van der Waals surface area contributed by atoms with Crippen LogP contribution in [-0.4, -0.2) is 47.2 Å². The summed E-state index contributed by atoms with van der Waals surface area (Å²) in [5.74, 6) is 1.97. The van der Waals surface area contributed by atoms with Crippen molar-refractivity contribution in [2.75, 3.05) is 36.5 Å². The Balaban J connectivity index is 1.29. The molecular weight excluding hydrogens is 609 g/mol. The van der Waals surface area contributed by atoms with Gasteiger partial charge in [-0.3, -0.25) is 4.90 Å². The van der Waals surface area contributed by atoms with E-state index in [0.717, 1.165) is 41.1 Å². The number of piperidine rings is 1. The van der Waals surface area contributed by atoms with Crippen LogP contribution in [0.15, 0.2) is 66.9 Å². The van der Waals surface area contributed by atoms with Crippen LogP contribution in [0.5, 0.6) is 11.5 Å². The van der Waals surface area contributed by atoms with Gasteiger partial charge in [-0.25, -0.2) is 9.78 Å². The smallest absolute Gasteiger partial charge is 0.421 e. The quantitative estimate of drug-likeness (QED) is 0.163. The number of carbonyl (C=O) groups excluding carboxylic acids is 1. The molecule has 0 unspecified atom stereocenters. The predicted molar refractivity (Wildman–Crippen MR) is 181 cm³/mol. The molecule has 1 N–H and O–H groups in total. The Bertz CT molecular complexity index is 1590. The van der Waals surface area contributed by atoms with Crippen LogP contribution >= 0.6 is 23.2 Å². The summed E-state index contributed by atoms with van der Waals surface area (Å²) in [5.41, 5.74) is 4.25. The lowest BCUT2D eigenvalue weighted by molar-refractivity contribution is 0.205. The number of rotatable bonds is 11. The minimum atomic E-state index is -0.604. The van der Waals surface area contributed by atoms with Crippen molar-refractivity contribution in [3.8, 4) is 11.5 Å². The van der Waals surface area contributed by atoms with Gasteiger partial charge in [-0.15, -0.1) is 0 Å². The average molecular weight is 649 g/mol. The molecule has 236 valence electrons. The Hall–Kier alpha value is -3.85. The Kier molecular flexibility index (Phi) is 11.2. The second-order valence-corrected chi connectivity index (χ2v) is 12.3. The molecule has 0 spiro atoms. The number of nitrogens with one attached hydrogen (secondary N) is 1. The van der Waals surface area contributed by atoms with Crippen molar-refractivity contribution in [3.05, 3.63) is 99.2 Å². The summed E-state index contributed by atoms with van der Waals surface area (Å²) in [6, 6.07) is 18.4. The molecule has 8 nitrogen and oxygen atoms in total. The Morgan fingerprint density at radius 2 is 1.69 bits per heavy atom. The van der Waals surface area contributed by atoms with Gasteiger partial charge in [0, 0.05) is 28.5 Å². The number of hydrogen-bond donors (Lipinski definition) is 1. The second kappa shape index (κ2) is 15.4. The number of ether oxygens (including phenoxy) is 2. The van der Waals surface area contributed by atoms with Gasteiger partial charge in [0.2, 0.25) is 5.95 Å². The highest BCUT2D eigenvalue weighted by atomic mass is 35.5. The van der Waals surface area contributed by atoms with Crippen molar-refractivity contribution >= 4 is 46.7 Å². The van der Waals surface area contributed by atoms with Crippen LogP contribution < -0.4 is 19.7 Å². The molecule has 5 rings (SSSR count). The van der Waals surface area contributed by atoms with E-state index in [1.54, 1.807) is 30.5 Å². The van der Waals surface area contributed by atoms with E-state index >= 15 is 0 Å². The molecule has 1 fully saturated rings. The summed E-state index contributed by atoms with van der Waals surface area (Å²) < 4.78 is 11.9. The molecule has 10 heteroatoms. The first kappa shape index (κ1) is 32.5. The number of likely N-dealkylation sites (tertiary alicyclic amines) is 1. The highest BCUT2D eigenvalue weighted by molar-refractivity contribution is 6.33. The monoisotopic (exact) mass is 647 g/mol. The van der Waals surface area contributed by atoms with Crippen LogP contribution in [0.3, 0.4) is 0 Å². The number of hydrogen-bond acceptors (Lipinski definition) is 7. The molecule has 4 aromatic rings. The number of amides is 1. The average Bonchev–Trinajstić information content (AvgIpc) is 3.03. The van der Waals surface area contributed by atoms with Crippen molar-refractivity contribution in [2.45, 2.75) is 53.0 Å². The molecule has 0 aliphatic carbocycles. The molecule has 45 heavy (non-hydrogen) atoms. The van der Waals surface area contributed by atoms with Gasteiger partial charge in [0.25, 0.3) is 0 Å². The Morgan fingerprint density at radius 3 is 2.42 bits per heavy atom. The molecule has 3 aromatic carbocycles. The van der Waals surface area contributed by atoms with Gasteiger partial charge in [-0.1, -0.05) is 47.3 Å². The normalized spacial score (nSPS) is 13.4. The molecule has 0 radical (unpaired) electrons. The van der Waals surface area contributed by atoms with E-state index in [9.17, 15) is 4.79 Å². The zero-order valence-electron chi connectivity index (χ0n) is 26.0. The number of anilines is 3. The lowest BCUT2D eigenvalue weighted by Crippen LogP contribution is -2.34. The van der Waals surface area contributed by atoms with E-state index in [1.807, 2.05) is 57.2 Å². The zero-order valence-corrected chi connectivity index (χ0v) is 27.5. The second-order valence-electron chi connectivity index (χ2n) is 11.4. The summed E-state index contributed by atoms with van der Waals surface area (Å²) in [5, 5.41) is 4.20. The van der Waals surface area contributed by atoms with E-state index in [2.05, 4.69) is 20.2 Å². The van der Waals surface area contributed by atoms with Crippen molar-refractivity contribution < 1.29 is 14.3 Å². The number of aryl methyl sites for hydroxylation is 3. The van der Waals surface area contributed by atoms with Crippen LogP contribution in [0.25, 0.3) is 0 Å². The van der Waals surface area contributed by atoms with Gasteiger partial charge < -0.3 is 19.7 Å². The zero-order chi connectivity index (χ0) is 31.8. The maximum absolute atomic E-state index is 13.7. The largest absolute Gasteiger partial charge is 0.494 e. The summed E-state index contributed by atoms with van der Waals surface area (Å²) in [6.45, 7) is 10.1. The van der Waals surface area contributed by atoms with E-state index < -0.39 is 6.09 Å². The van der Waals surface area contributed by atoms with Gasteiger partial charge in [-0.2, -0.15) is 4.98 Å². The third-order valence-corrected chi connectivity index (χ3v) is 8.32. The Labute approximate surface area is 275 Å². The minimum absolute atomic E-state index is 0.0857. The molecule has 1 aliphatic heterocycles. The molecule has 2 heterocycles. The van der Waals surface area contributed by atoms with Crippen molar-refractivity contribution in [1.29, 1.82) is 0 Å². The summed E-state index contributed by atoms with van der Waals surface area (Å²) in [4.78, 5) is 26.7. The SMILES string of the molecule is Cc1cc(C)c(OC(=O)N(Cc2cc(Cl)ccc2Cl)c2ccnc(Nc3ccc(OCCCN4CCCCC4)cc3)n2)c(C)c1. The fourth-order valence-electron chi connectivity index (χ4n) is 5.53. The van der Waals surface area contributed by atoms with Crippen LogP contribution in [-0.2, 0) is 6.54 Å². The molecule has 0 bridgehead atoms. The van der Waals surface area contributed by atoms with Crippen LogP contribution in [0.4, 0.5) is 22.2 Å². The van der Waals surface area contributed by atoms with E-state index in [4.69, 9.17) is 32.7 Å². The third kappa shape index (κ3) is 9.10. The third-order valence-electron chi connectivity index (χ3n) is 7.71. The molecule has 1 aliphatic rings. The van der Waals surface area contributed by atoms with Gasteiger partial charge >= 0.3 is 6.09 Å². The molecule has 0 saturated carbocycles. The molecule has 0 atom stereocenters. The van der Waals surface area contributed by atoms with Gasteiger partial charge in [0.1, 0.15) is 17.3 Å². The van der Waals surface area contributed by atoms with E-state index in [0.29, 0.717) is 39.7 Å². The highest BCUT2D eigenvalue weighted by Crippen LogP contribution is 2.29. The van der Waals surface area contributed by atoms with E-state index in [-0.39, 0.29) is 6.54 Å². The molecule has 1 saturated heterocycles. The standard InChI is InChI=1S/C35H39Cl2N5O3/c1-24-20-25(2)33(26(3)21-24)45-35(43)42(23-27-22-28(36)8-13-31(27)37)32-14-15-38-34(40-32)39-29-9-11-30(12-10-29)44-19-7-18-41-16-5-4-6-17-41/h8-15,20-22H,4-7,16-19,23H2,1-3H3,(H,38,39,40). The van der Waals surface area contributed by atoms with Crippen LogP contribution in [0, 0.1) is 20.8 Å². The summed E-state index contributed by atoms with van der Waals surface area (Å²) in [7, 11) is 0. The summed E-state index contributed by atoms with van der Waals surface area (Å²) in [6.07, 6.45) is 5.93. The number of nitrogens with zero attached hydrogens (tertiary/aromatic N) is 4. The maximum Gasteiger partial charge on any atom is 0.421 e. The fraction of sp³-hybridized carbons (Fsp3) is 0.343. The fourth-order valence-corrected chi connectivity index (χ4v) is 5.90. The van der Waals surface area contributed by atoms with E-state index in [1.165, 1.54) is 37.3 Å². The number of aromatic nitrogens is 2. The first-order valence-corrected chi connectivity index (χ1v) is 16.1. The minimum Gasteiger partial charge on any atom is -0.494 e. The first-order chi connectivity index (χ1) is 21.7. The van der Waals surface area contributed by atoms with Crippen molar-refractivity contribution in [3.63, 3.8) is 0 Å². The number of benzene rings is 3. The highest BCUT2D eigenvalue weighted by Gasteiger charge is 2.23. The molecule has 1 aromatic heterocycles. The van der Waals surface area contributed by atoms with Crippen molar-refractivity contribution in [2.24, 2.45) is 0 Å². The lowest BCUT2D eigenvalue weighted by atomic mass is 10.1. The lowest BCUT2D eigenvalue weighted by Gasteiger charge is -2.26. The van der Waals surface area contributed by atoms with Crippen molar-refractivity contribution in [1.82, 2.24) is 14.9 Å². The number of carbonyl (C=O) groups is 1. The Morgan fingerprint density at radius 1 is 0.956 bits per heavy atom.